The van der Waals surface area contributed by atoms with Crippen molar-refractivity contribution in [1.82, 2.24) is 0 Å². The predicted octanol–water partition coefficient (Wildman–Crippen LogP) is 7.08. The molecule has 1 saturated carbocycles. The van der Waals surface area contributed by atoms with E-state index in [4.69, 9.17) is 0 Å². The van der Waals surface area contributed by atoms with Crippen molar-refractivity contribution < 1.29 is 0 Å². The van der Waals surface area contributed by atoms with Crippen molar-refractivity contribution >= 4 is 0 Å². The Kier molecular flexibility index (Phi) is 9.33. The van der Waals surface area contributed by atoms with Gasteiger partial charge in [0.05, 0.1) is 0 Å². The Bertz CT molecular complexity index is 363. The molecule has 0 saturated heterocycles. The monoisotopic (exact) mass is 288 g/mol. The zero-order valence-electron chi connectivity index (χ0n) is 15.3. The van der Waals surface area contributed by atoms with E-state index in [0.717, 1.165) is 11.8 Å². The van der Waals surface area contributed by atoms with Crippen LogP contribution in [0.5, 0.6) is 0 Å². The SMILES string of the molecule is C=CC.CC(C)c1ccccc1.CC(C1CC1)C(C)(C)C. The fourth-order valence-corrected chi connectivity index (χ4v) is 2.14. The average molecular weight is 289 g/mol. The second kappa shape index (κ2) is 9.82. The van der Waals surface area contributed by atoms with Gasteiger partial charge in [-0.15, -0.1) is 6.58 Å². The molecule has 1 aromatic rings. The van der Waals surface area contributed by atoms with E-state index in [1.54, 1.807) is 6.08 Å². The molecule has 1 aliphatic carbocycles. The lowest BCUT2D eigenvalue weighted by Gasteiger charge is -2.26. The van der Waals surface area contributed by atoms with Crippen LogP contribution in [-0.2, 0) is 0 Å². The van der Waals surface area contributed by atoms with Crippen LogP contribution in [0.2, 0.25) is 0 Å². The van der Waals surface area contributed by atoms with Crippen LogP contribution in [0.15, 0.2) is 43.0 Å². The van der Waals surface area contributed by atoms with Crippen molar-refractivity contribution in [2.45, 2.75) is 67.2 Å². The topological polar surface area (TPSA) is 0 Å². The van der Waals surface area contributed by atoms with Gasteiger partial charge in [-0.1, -0.05) is 78.0 Å². The van der Waals surface area contributed by atoms with E-state index in [1.165, 1.54) is 18.4 Å². The molecule has 0 aromatic heterocycles. The van der Waals surface area contributed by atoms with Crippen molar-refractivity contribution in [1.29, 1.82) is 0 Å². The minimum Gasteiger partial charge on any atom is -0.103 e. The third-order valence-corrected chi connectivity index (χ3v) is 4.16. The molecular weight excluding hydrogens is 252 g/mol. The summed E-state index contributed by atoms with van der Waals surface area (Å²) in [6.45, 7) is 19.1. The maximum absolute atomic E-state index is 3.36. The van der Waals surface area contributed by atoms with E-state index in [2.05, 4.69) is 72.4 Å². The summed E-state index contributed by atoms with van der Waals surface area (Å²) in [6.07, 6.45) is 4.72. The van der Waals surface area contributed by atoms with Gasteiger partial charge in [0.1, 0.15) is 0 Å². The van der Waals surface area contributed by atoms with Crippen LogP contribution < -0.4 is 0 Å². The fourth-order valence-electron chi connectivity index (χ4n) is 2.14. The molecule has 1 fully saturated rings. The molecule has 0 heterocycles. The third-order valence-electron chi connectivity index (χ3n) is 4.16. The Hall–Kier alpha value is -1.04. The molecule has 120 valence electrons. The minimum atomic E-state index is 0.543. The molecular formula is C21H36. The van der Waals surface area contributed by atoms with Gasteiger partial charge in [0.15, 0.2) is 0 Å². The van der Waals surface area contributed by atoms with Gasteiger partial charge in [0.2, 0.25) is 0 Å². The Morgan fingerprint density at radius 3 is 1.67 bits per heavy atom. The van der Waals surface area contributed by atoms with Gasteiger partial charge < -0.3 is 0 Å². The molecule has 1 aromatic carbocycles. The summed E-state index contributed by atoms with van der Waals surface area (Å²) >= 11 is 0. The first-order valence-corrected chi connectivity index (χ1v) is 8.36. The Morgan fingerprint density at radius 1 is 1.05 bits per heavy atom. The zero-order valence-corrected chi connectivity index (χ0v) is 15.3. The molecule has 0 bridgehead atoms. The molecule has 21 heavy (non-hydrogen) atoms. The number of hydrogen-bond donors (Lipinski definition) is 0. The second-order valence-corrected chi connectivity index (χ2v) is 7.47. The van der Waals surface area contributed by atoms with Crippen LogP contribution in [0, 0.1) is 17.3 Å². The van der Waals surface area contributed by atoms with Crippen LogP contribution >= 0.6 is 0 Å². The summed E-state index contributed by atoms with van der Waals surface area (Å²) in [4.78, 5) is 0. The Balaban J connectivity index is 0.000000322. The highest BCUT2D eigenvalue weighted by Gasteiger charge is 2.34. The summed E-state index contributed by atoms with van der Waals surface area (Å²) in [5.41, 5.74) is 1.96. The van der Waals surface area contributed by atoms with Gasteiger partial charge >= 0.3 is 0 Å². The lowest BCUT2D eigenvalue weighted by Crippen LogP contribution is -2.18. The lowest BCUT2D eigenvalue weighted by molar-refractivity contribution is 0.232. The predicted molar refractivity (Wildman–Crippen MR) is 97.7 cm³/mol. The maximum Gasteiger partial charge on any atom is -0.0219 e. The van der Waals surface area contributed by atoms with E-state index in [1.807, 2.05) is 13.0 Å². The summed E-state index contributed by atoms with van der Waals surface area (Å²) in [5.74, 6) is 2.65. The molecule has 0 radical (unpaired) electrons. The van der Waals surface area contributed by atoms with E-state index >= 15 is 0 Å². The van der Waals surface area contributed by atoms with Crippen LogP contribution in [0.25, 0.3) is 0 Å². The highest BCUT2D eigenvalue weighted by atomic mass is 14.4. The van der Waals surface area contributed by atoms with Crippen LogP contribution in [0.3, 0.4) is 0 Å². The third kappa shape index (κ3) is 9.50. The number of allylic oxidation sites excluding steroid dienone is 1. The largest absolute Gasteiger partial charge is 0.103 e. The first-order chi connectivity index (χ1) is 9.73. The first kappa shape index (κ1) is 20.0. The molecule has 0 N–H and O–H groups in total. The first-order valence-electron chi connectivity index (χ1n) is 8.36. The van der Waals surface area contributed by atoms with E-state index in [0.29, 0.717) is 11.3 Å². The number of hydrogen-bond acceptors (Lipinski definition) is 0. The van der Waals surface area contributed by atoms with Crippen molar-refractivity contribution in [2.24, 2.45) is 17.3 Å². The maximum atomic E-state index is 3.36. The van der Waals surface area contributed by atoms with Gasteiger partial charge in [-0.05, 0) is 48.5 Å². The molecule has 1 atom stereocenters. The zero-order chi connectivity index (χ0) is 16.5. The standard InChI is InChI=1S/C9H18.C9H12.C3H6/c1-7(8-5-6-8)9(2,3)4;1-8(2)9-6-4-3-5-7-9;1-3-2/h7-8H,5-6H2,1-4H3;3-8H,1-2H3;3H,1H2,2H3. The molecule has 0 spiro atoms. The quantitative estimate of drug-likeness (QED) is 0.510. The van der Waals surface area contributed by atoms with Crippen molar-refractivity contribution in [2.75, 3.05) is 0 Å². The van der Waals surface area contributed by atoms with E-state index in [9.17, 15) is 0 Å². The Morgan fingerprint density at radius 2 is 1.48 bits per heavy atom. The highest BCUT2D eigenvalue weighted by Crippen LogP contribution is 2.44. The summed E-state index contributed by atoms with van der Waals surface area (Å²) in [5, 5.41) is 0. The van der Waals surface area contributed by atoms with E-state index in [-0.39, 0.29) is 0 Å². The highest BCUT2D eigenvalue weighted by molar-refractivity contribution is 5.17. The molecule has 1 aliphatic rings. The molecule has 0 aliphatic heterocycles. The van der Waals surface area contributed by atoms with Gasteiger partial charge in [-0.3, -0.25) is 0 Å². The normalized spacial score (nSPS) is 15.2. The van der Waals surface area contributed by atoms with Gasteiger partial charge in [0, 0.05) is 0 Å². The van der Waals surface area contributed by atoms with Gasteiger partial charge in [-0.2, -0.15) is 0 Å². The van der Waals surface area contributed by atoms with Gasteiger partial charge in [0.25, 0.3) is 0 Å². The lowest BCUT2D eigenvalue weighted by atomic mass is 9.79. The van der Waals surface area contributed by atoms with Crippen LogP contribution in [0.4, 0.5) is 0 Å². The molecule has 1 unspecified atom stereocenters. The summed E-state index contributed by atoms with van der Waals surface area (Å²) < 4.78 is 0. The van der Waals surface area contributed by atoms with Gasteiger partial charge in [-0.25, -0.2) is 0 Å². The smallest absolute Gasteiger partial charge is 0.0219 e. The van der Waals surface area contributed by atoms with Crippen molar-refractivity contribution in [3.05, 3.63) is 48.6 Å². The van der Waals surface area contributed by atoms with Crippen LogP contribution in [0.1, 0.15) is 72.8 Å². The van der Waals surface area contributed by atoms with Crippen molar-refractivity contribution in [3.8, 4) is 0 Å². The summed E-state index contributed by atoms with van der Waals surface area (Å²) in [7, 11) is 0. The second-order valence-electron chi connectivity index (χ2n) is 7.47. The fraction of sp³-hybridized carbons (Fsp3) is 0.619. The minimum absolute atomic E-state index is 0.543. The molecule has 2 rings (SSSR count). The summed E-state index contributed by atoms with van der Waals surface area (Å²) in [6, 6.07) is 10.5. The average Bonchev–Trinajstić information content (AvgIpc) is 3.24. The Labute approximate surface area is 133 Å². The number of rotatable bonds is 2. The van der Waals surface area contributed by atoms with Crippen molar-refractivity contribution in [3.63, 3.8) is 0 Å². The molecule has 0 heteroatoms. The molecule has 0 nitrogen and oxygen atoms in total. The number of benzene rings is 1. The molecule has 0 amide bonds. The van der Waals surface area contributed by atoms with E-state index < -0.39 is 0 Å². The van der Waals surface area contributed by atoms with Crippen LogP contribution in [-0.4, -0.2) is 0 Å².